The summed E-state index contributed by atoms with van der Waals surface area (Å²) in [5.74, 6) is -2.26. The van der Waals surface area contributed by atoms with E-state index in [1.165, 1.54) is 10.6 Å². The van der Waals surface area contributed by atoms with Crippen molar-refractivity contribution in [3.8, 4) is 11.1 Å². The van der Waals surface area contributed by atoms with E-state index in [0.29, 0.717) is 12.6 Å². The van der Waals surface area contributed by atoms with Gasteiger partial charge in [0.2, 0.25) is 5.91 Å². The number of thioether (sulfide) groups is 1. The maximum atomic E-state index is 15.3. The largest absolute Gasteiger partial charge is 0.417 e. The molecule has 0 N–H and O–H groups in total. The van der Waals surface area contributed by atoms with Gasteiger partial charge in [-0.1, -0.05) is 18.2 Å². The second-order valence-electron chi connectivity index (χ2n) is 11.9. The van der Waals surface area contributed by atoms with Crippen LogP contribution in [0.3, 0.4) is 0 Å². The molecule has 2 fully saturated rings. The molecule has 2 saturated heterocycles. The molecule has 3 aliphatic heterocycles. The second kappa shape index (κ2) is 11.9. The molecule has 45 heavy (non-hydrogen) atoms. The zero-order valence-corrected chi connectivity index (χ0v) is 26.2. The molecule has 0 saturated carbocycles. The van der Waals surface area contributed by atoms with E-state index >= 15 is 4.39 Å². The van der Waals surface area contributed by atoms with Crippen LogP contribution in [0.5, 0.6) is 0 Å². The van der Waals surface area contributed by atoms with Gasteiger partial charge < -0.3 is 14.7 Å². The second-order valence-corrected chi connectivity index (χ2v) is 13.3. The van der Waals surface area contributed by atoms with Crippen molar-refractivity contribution in [1.29, 1.82) is 0 Å². The molecule has 240 valence electrons. The number of nitrogens with zero attached hydrogens (tertiary/aromatic N) is 5. The zero-order valence-electron chi connectivity index (χ0n) is 24.6. The summed E-state index contributed by atoms with van der Waals surface area (Å²) in [4.78, 5) is 36.5. The minimum atomic E-state index is -4.95. The molecule has 0 aliphatic carbocycles. The van der Waals surface area contributed by atoms with Gasteiger partial charge in [-0.3, -0.25) is 9.36 Å². The fraction of sp³-hybridized carbons (Fsp3) is 0.452. The Morgan fingerprint density at radius 1 is 1.11 bits per heavy atom. The van der Waals surface area contributed by atoms with Crippen molar-refractivity contribution in [3.05, 3.63) is 63.6 Å². The standard InChI is InChI=1S/C31H31ClF5N5O2S/c1-4-25(43)40-12-17(3)41(13-16(40)2)29-20-9-21(31(35,36)37)26(19-10-22(32)24(34)11-23(19)33)28-27(20)42(30(44)38-29)18(15-45-28)14-39-7-5-6-8-39/h4,9-11,16-18H,1,5-8,12-15H2,2-3H3/t16-,17+,18?/m1/s1. The van der Waals surface area contributed by atoms with E-state index in [9.17, 15) is 27.2 Å². The van der Waals surface area contributed by atoms with E-state index in [2.05, 4.69) is 16.5 Å². The molecule has 7 nitrogen and oxygen atoms in total. The van der Waals surface area contributed by atoms with Crippen molar-refractivity contribution in [3.63, 3.8) is 0 Å². The molecule has 14 heteroatoms. The van der Waals surface area contributed by atoms with Crippen LogP contribution in [-0.2, 0) is 11.0 Å². The Balaban J connectivity index is 1.64. The highest BCUT2D eigenvalue weighted by atomic mass is 35.5. The SMILES string of the molecule is C=CC(=O)N1C[C@H](C)N(c2nc(=O)n3c4c(c(-c5cc(Cl)c(F)cc5F)c(C(F)(F)F)cc24)SCC3CN2CCCC2)C[C@H]1C. The number of aromatic nitrogens is 2. The van der Waals surface area contributed by atoms with Gasteiger partial charge in [0.25, 0.3) is 0 Å². The van der Waals surface area contributed by atoms with Crippen LogP contribution >= 0.6 is 23.4 Å². The van der Waals surface area contributed by atoms with Gasteiger partial charge in [-0.05, 0) is 58.0 Å². The van der Waals surface area contributed by atoms with E-state index in [1.54, 1.807) is 23.6 Å². The molecule has 0 radical (unpaired) electrons. The van der Waals surface area contributed by atoms with Crippen LogP contribution in [0.1, 0.15) is 38.3 Å². The molecular weight excluding hydrogens is 637 g/mol. The van der Waals surface area contributed by atoms with E-state index in [-0.39, 0.29) is 52.4 Å². The number of likely N-dealkylation sites (tertiary alicyclic amines) is 1. The maximum absolute atomic E-state index is 15.3. The molecular formula is C31H31ClF5N5O2S. The zero-order chi connectivity index (χ0) is 32.4. The summed E-state index contributed by atoms with van der Waals surface area (Å²) in [7, 11) is 0. The molecule has 1 aromatic heterocycles. The van der Waals surface area contributed by atoms with Crippen molar-refractivity contribution >= 4 is 46.0 Å². The first-order valence-corrected chi connectivity index (χ1v) is 16.1. The average Bonchev–Trinajstić information content (AvgIpc) is 3.50. The molecule has 1 amide bonds. The smallest absolute Gasteiger partial charge is 0.349 e. The molecule has 4 heterocycles. The third-order valence-corrected chi connectivity index (χ3v) is 10.4. The lowest BCUT2D eigenvalue weighted by Gasteiger charge is -2.45. The van der Waals surface area contributed by atoms with E-state index < -0.39 is 57.3 Å². The summed E-state index contributed by atoms with van der Waals surface area (Å²) < 4.78 is 75.7. The molecule has 1 unspecified atom stereocenters. The average molecular weight is 668 g/mol. The number of benzene rings is 2. The lowest BCUT2D eigenvalue weighted by atomic mass is 9.95. The fourth-order valence-corrected chi connectivity index (χ4v) is 8.25. The first-order chi connectivity index (χ1) is 21.3. The molecule has 0 bridgehead atoms. The summed E-state index contributed by atoms with van der Waals surface area (Å²) in [5, 5.41) is -0.433. The number of hydrogen-bond acceptors (Lipinski definition) is 6. The van der Waals surface area contributed by atoms with Crippen LogP contribution in [0.4, 0.5) is 27.8 Å². The first-order valence-electron chi connectivity index (χ1n) is 14.7. The van der Waals surface area contributed by atoms with Crippen molar-refractivity contribution in [1.82, 2.24) is 19.4 Å². The molecule has 3 atom stereocenters. The Labute approximate surface area is 265 Å². The number of alkyl halides is 3. The fourth-order valence-electron chi connectivity index (χ4n) is 6.76. The molecule has 3 aromatic rings. The number of anilines is 1. The van der Waals surface area contributed by atoms with Crippen LogP contribution in [0.2, 0.25) is 5.02 Å². The summed E-state index contributed by atoms with van der Waals surface area (Å²) >= 11 is 7.08. The number of carbonyl (C=O) groups is 1. The van der Waals surface area contributed by atoms with Gasteiger partial charge in [0.1, 0.15) is 17.5 Å². The van der Waals surface area contributed by atoms with Crippen molar-refractivity contribution < 1.29 is 26.7 Å². The van der Waals surface area contributed by atoms with Gasteiger partial charge in [0.15, 0.2) is 0 Å². The Morgan fingerprint density at radius 3 is 2.49 bits per heavy atom. The summed E-state index contributed by atoms with van der Waals surface area (Å²) in [6, 6.07) is 1.09. The number of carbonyl (C=O) groups excluding carboxylic acids is 1. The highest BCUT2D eigenvalue weighted by Crippen LogP contribution is 2.51. The lowest BCUT2D eigenvalue weighted by Crippen LogP contribution is -2.58. The van der Waals surface area contributed by atoms with Crippen LogP contribution in [0.25, 0.3) is 22.0 Å². The number of amides is 1. The molecule has 3 aliphatic rings. The molecule has 2 aromatic carbocycles. The van der Waals surface area contributed by atoms with E-state index in [4.69, 9.17) is 11.6 Å². The number of halogens is 6. The lowest BCUT2D eigenvalue weighted by molar-refractivity contribution is -0.137. The first kappa shape index (κ1) is 31.8. The van der Waals surface area contributed by atoms with Gasteiger partial charge >= 0.3 is 11.9 Å². The Morgan fingerprint density at radius 2 is 1.82 bits per heavy atom. The molecule has 0 spiro atoms. The van der Waals surface area contributed by atoms with Crippen molar-refractivity contribution in [2.75, 3.05) is 43.4 Å². The number of hydrogen-bond donors (Lipinski definition) is 0. The topological polar surface area (TPSA) is 61.7 Å². The minimum absolute atomic E-state index is 0.0565. The predicted octanol–water partition coefficient (Wildman–Crippen LogP) is 6.37. The summed E-state index contributed by atoms with van der Waals surface area (Å²) in [6.45, 7) is 9.81. The number of rotatable bonds is 5. The van der Waals surface area contributed by atoms with Gasteiger partial charge in [-0.15, -0.1) is 11.8 Å². The van der Waals surface area contributed by atoms with Gasteiger partial charge in [-0.25, -0.2) is 13.6 Å². The van der Waals surface area contributed by atoms with E-state index in [0.717, 1.165) is 49.8 Å². The Kier molecular flexibility index (Phi) is 8.40. The van der Waals surface area contributed by atoms with Gasteiger partial charge in [0, 0.05) is 64.9 Å². The van der Waals surface area contributed by atoms with Crippen LogP contribution in [0, 0.1) is 11.6 Å². The van der Waals surface area contributed by atoms with Crippen LogP contribution in [0.15, 0.2) is 40.5 Å². The van der Waals surface area contributed by atoms with Crippen molar-refractivity contribution in [2.45, 2.75) is 55.9 Å². The quantitative estimate of drug-likeness (QED) is 0.179. The Bertz CT molecular complexity index is 1760. The summed E-state index contributed by atoms with van der Waals surface area (Å²) in [5.41, 5.74) is -2.56. The van der Waals surface area contributed by atoms with Crippen LogP contribution in [-0.4, -0.2) is 75.8 Å². The molecule has 6 rings (SSSR count). The van der Waals surface area contributed by atoms with Gasteiger partial charge in [0.05, 0.1) is 22.1 Å². The monoisotopic (exact) mass is 667 g/mol. The normalized spacial score (nSPS) is 22.4. The highest BCUT2D eigenvalue weighted by Gasteiger charge is 2.41. The maximum Gasteiger partial charge on any atom is 0.417 e. The third-order valence-electron chi connectivity index (χ3n) is 8.90. The van der Waals surface area contributed by atoms with E-state index in [1.807, 2.05) is 0 Å². The minimum Gasteiger partial charge on any atom is -0.349 e. The third kappa shape index (κ3) is 5.61. The highest BCUT2D eigenvalue weighted by molar-refractivity contribution is 7.99. The number of piperazine rings is 1. The Hall–Kier alpha value is -3.16. The van der Waals surface area contributed by atoms with Crippen molar-refractivity contribution in [2.24, 2.45) is 0 Å². The van der Waals surface area contributed by atoms with Gasteiger partial charge in [-0.2, -0.15) is 18.2 Å². The summed E-state index contributed by atoms with van der Waals surface area (Å²) in [6.07, 6.45) is -1.72. The van der Waals surface area contributed by atoms with Crippen LogP contribution < -0.4 is 10.6 Å². The predicted molar refractivity (Wildman–Crippen MR) is 165 cm³/mol.